The number of ether oxygens (including phenoxy) is 1. The van der Waals surface area contributed by atoms with E-state index in [4.69, 9.17) is 4.74 Å². The molecule has 6 nitrogen and oxygen atoms in total. The molecule has 0 aliphatic carbocycles. The number of hydrogen-bond donors (Lipinski definition) is 1. The second kappa shape index (κ2) is 6.97. The second-order valence-electron chi connectivity index (χ2n) is 6.04. The Kier molecular flexibility index (Phi) is 4.76. The highest BCUT2D eigenvalue weighted by Crippen LogP contribution is 2.22. The van der Waals surface area contributed by atoms with Crippen LogP contribution in [0.1, 0.15) is 36.0 Å². The third-order valence-electron chi connectivity index (χ3n) is 4.31. The van der Waals surface area contributed by atoms with Gasteiger partial charge in [0.15, 0.2) is 5.78 Å². The number of nitrogens with one attached hydrogen (secondary N) is 1. The third-order valence-corrected chi connectivity index (χ3v) is 4.31. The van der Waals surface area contributed by atoms with Crippen LogP contribution in [0, 0.1) is 0 Å². The van der Waals surface area contributed by atoms with Crippen LogP contribution in [0.2, 0.25) is 0 Å². The molecule has 0 saturated carbocycles. The Morgan fingerprint density at radius 2 is 2.04 bits per heavy atom. The number of benzene rings is 1. The molecule has 1 aliphatic heterocycles. The molecule has 0 amide bonds. The molecule has 1 aliphatic rings. The van der Waals surface area contributed by atoms with E-state index in [2.05, 4.69) is 5.32 Å². The fraction of sp³-hybridized carbons (Fsp3) is 0.389. The number of carbonyl (C=O) groups excluding carboxylic acids is 3. The standard InChI is InChI=1S/C18H20N2O4/c1-20-11-13(12-5-2-3-7-15(12)20)16(21)8-9-17(22)24-18(23)14-6-4-10-19-14/h2-3,5,7,11,14,19H,4,6,8-10H2,1H3/t14-/m0/s1. The maximum absolute atomic E-state index is 12.4. The first-order valence-electron chi connectivity index (χ1n) is 8.11. The maximum atomic E-state index is 12.4. The summed E-state index contributed by atoms with van der Waals surface area (Å²) in [7, 11) is 1.88. The maximum Gasteiger partial charge on any atom is 0.330 e. The largest absolute Gasteiger partial charge is 0.392 e. The topological polar surface area (TPSA) is 77.4 Å². The predicted octanol–water partition coefficient (Wildman–Crippen LogP) is 1.96. The number of fused-ring (bicyclic) bond motifs is 1. The molecule has 1 atom stereocenters. The molecule has 3 rings (SSSR count). The Hall–Kier alpha value is -2.47. The van der Waals surface area contributed by atoms with E-state index in [0.717, 1.165) is 23.9 Å². The molecule has 1 fully saturated rings. The number of Topliss-reactive ketones (excluding diaryl/α,β-unsaturated/α-hetero) is 1. The van der Waals surface area contributed by atoms with E-state index in [1.54, 1.807) is 6.20 Å². The number of aromatic nitrogens is 1. The summed E-state index contributed by atoms with van der Waals surface area (Å²) < 4.78 is 6.70. The van der Waals surface area contributed by atoms with E-state index < -0.39 is 18.0 Å². The van der Waals surface area contributed by atoms with Gasteiger partial charge in [0.2, 0.25) is 0 Å². The highest BCUT2D eigenvalue weighted by atomic mass is 16.6. The van der Waals surface area contributed by atoms with Crippen LogP contribution >= 0.6 is 0 Å². The Labute approximate surface area is 139 Å². The predicted molar refractivity (Wildman–Crippen MR) is 88.6 cm³/mol. The first-order valence-corrected chi connectivity index (χ1v) is 8.11. The van der Waals surface area contributed by atoms with E-state index in [1.165, 1.54) is 0 Å². The van der Waals surface area contributed by atoms with Crippen LogP contribution in [-0.2, 0) is 21.4 Å². The fourth-order valence-corrected chi connectivity index (χ4v) is 3.03. The van der Waals surface area contributed by atoms with Gasteiger partial charge < -0.3 is 14.6 Å². The summed E-state index contributed by atoms with van der Waals surface area (Å²) in [6, 6.07) is 7.21. The number of rotatable bonds is 5. The lowest BCUT2D eigenvalue weighted by molar-refractivity contribution is -0.160. The SMILES string of the molecule is Cn1cc(C(=O)CCC(=O)OC(=O)[C@@H]2CCCN2)c2ccccc21. The van der Waals surface area contributed by atoms with Gasteiger partial charge in [0, 0.05) is 36.1 Å². The monoisotopic (exact) mass is 328 g/mol. The van der Waals surface area contributed by atoms with Crippen molar-refractivity contribution in [2.24, 2.45) is 7.05 Å². The van der Waals surface area contributed by atoms with Gasteiger partial charge in [-0.1, -0.05) is 18.2 Å². The number of ketones is 1. The average molecular weight is 328 g/mol. The zero-order chi connectivity index (χ0) is 17.1. The second-order valence-corrected chi connectivity index (χ2v) is 6.04. The van der Waals surface area contributed by atoms with Crippen LogP contribution in [0.3, 0.4) is 0 Å². The average Bonchev–Trinajstić information content (AvgIpc) is 3.22. The minimum atomic E-state index is -0.651. The van der Waals surface area contributed by atoms with Crippen molar-refractivity contribution in [3.63, 3.8) is 0 Å². The molecule has 24 heavy (non-hydrogen) atoms. The van der Waals surface area contributed by atoms with Gasteiger partial charge >= 0.3 is 11.9 Å². The summed E-state index contributed by atoms with van der Waals surface area (Å²) in [6.45, 7) is 0.757. The quantitative estimate of drug-likeness (QED) is 0.516. The summed E-state index contributed by atoms with van der Waals surface area (Å²) in [4.78, 5) is 35.9. The van der Waals surface area contributed by atoms with Gasteiger partial charge in [-0.25, -0.2) is 4.79 Å². The van der Waals surface area contributed by atoms with E-state index >= 15 is 0 Å². The minimum absolute atomic E-state index is 0.0260. The van der Waals surface area contributed by atoms with Crippen LogP contribution in [0.5, 0.6) is 0 Å². The minimum Gasteiger partial charge on any atom is -0.392 e. The van der Waals surface area contributed by atoms with Crippen molar-refractivity contribution in [2.75, 3.05) is 6.54 Å². The van der Waals surface area contributed by atoms with Crippen molar-refractivity contribution in [3.8, 4) is 0 Å². The van der Waals surface area contributed by atoms with E-state index in [0.29, 0.717) is 12.0 Å². The van der Waals surface area contributed by atoms with E-state index in [1.807, 2.05) is 35.9 Å². The molecule has 0 radical (unpaired) electrons. The van der Waals surface area contributed by atoms with Crippen LogP contribution in [0.15, 0.2) is 30.5 Å². The van der Waals surface area contributed by atoms with Crippen LogP contribution in [0.4, 0.5) is 0 Å². The van der Waals surface area contributed by atoms with Gasteiger partial charge in [-0.2, -0.15) is 0 Å². The van der Waals surface area contributed by atoms with Crippen molar-refractivity contribution in [3.05, 3.63) is 36.0 Å². The lowest BCUT2D eigenvalue weighted by atomic mass is 10.1. The smallest absolute Gasteiger partial charge is 0.330 e. The summed E-state index contributed by atoms with van der Waals surface area (Å²) in [5.74, 6) is -1.33. The molecule has 1 N–H and O–H groups in total. The van der Waals surface area contributed by atoms with Crippen molar-refractivity contribution in [1.82, 2.24) is 9.88 Å². The Morgan fingerprint density at radius 3 is 2.79 bits per heavy atom. The Balaban J connectivity index is 1.58. The molecule has 2 aromatic rings. The van der Waals surface area contributed by atoms with Gasteiger partial charge in [0.25, 0.3) is 0 Å². The Bertz CT molecular complexity index is 787. The van der Waals surface area contributed by atoms with Gasteiger partial charge in [0.1, 0.15) is 6.04 Å². The molecule has 1 aromatic carbocycles. The van der Waals surface area contributed by atoms with Crippen molar-refractivity contribution < 1.29 is 19.1 Å². The van der Waals surface area contributed by atoms with Crippen molar-refractivity contribution >= 4 is 28.6 Å². The number of esters is 2. The number of aryl methyl sites for hydroxylation is 1. The summed E-state index contributed by atoms with van der Waals surface area (Å²) in [5, 5.41) is 3.84. The number of carbonyl (C=O) groups is 3. The summed E-state index contributed by atoms with van der Waals surface area (Å²) >= 11 is 0. The first-order chi connectivity index (χ1) is 11.6. The van der Waals surface area contributed by atoms with Crippen LogP contribution in [0.25, 0.3) is 10.9 Å². The fourth-order valence-electron chi connectivity index (χ4n) is 3.03. The molecular formula is C18H20N2O4. The van der Waals surface area contributed by atoms with Crippen LogP contribution in [-0.4, -0.2) is 34.9 Å². The normalized spacial score (nSPS) is 17.1. The van der Waals surface area contributed by atoms with Crippen molar-refractivity contribution in [1.29, 1.82) is 0 Å². The lowest BCUT2D eigenvalue weighted by Gasteiger charge is -2.08. The van der Waals surface area contributed by atoms with Gasteiger partial charge in [-0.3, -0.25) is 9.59 Å². The molecule has 6 heteroatoms. The number of para-hydroxylation sites is 1. The van der Waals surface area contributed by atoms with Crippen molar-refractivity contribution in [2.45, 2.75) is 31.7 Å². The highest BCUT2D eigenvalue weighted by Gasteiger charge is 2.26. The molecule has 126 valence electrons. The summed E-state index contributed by atoms with van der Waals surface area (Å²) in [5.41, 5.74) is 1.55. The van der Waals surface area contributed by atoms with E-state index in [-0.39, 0.29) is 18.6 Å². The van der Waals surface area contributed by atoms with Gasteiger partial charge in [0.05, 0.1) is 6.42 Å². The molecule has 0 bridgehead atoms. The zero-order valence-corrected chi connectivity index (χ0v) is 13.6. The molecule has 0 unspecified atom stereocenters. The molecule has 0 spiro atoms. The van der Waals surface area contributed by atoms with Gasteiger partial charge in [-0.15, -0.1) is 0 Å². The molecular weight excluding hydrogens is 308 g/mol. The molecule has 1 saturated heterocycles. The number of nitrogens with zero attached hydrogens (tertiary/aromatic N) is 1. The third kappa shape index (κ3) is 3.38. The summed E-state index contributed by atoms with van der Waals surface area (Å²) in [6.07, 6.45) is 3.28. The molecule has 1 aromatic heterocycles. The lowest BCUT2D eigenvalue weighted by Crippen LogP contribution is -2.33. The van der Waals surface area contributed by atoms with E-state index in [9.17, 15) is 14.4 Å². The highest BCUT2D eigenvalue weighted by molar-refractivity contribution is 6.08. The number of hydrogen-bond acceptors (Lipinski definition) is 5. The molecule has 2 heterocycles. The van der Waals surface area contributed by atoms with Gasteiger partial charge in [-0.05, 0) is 25.5 Å². The Morgan fingerprint density at radius 1 is 1.25 bits per heavy atom. The zero-order valence-electron chi connectivity index (χ0n) is 13.6. The van der Waals surface area contributed by atoms with Crippen LogP contribution < -0.4 is 5.32 Å². The first kappa shape index (κ1) is 16.4.